The summed E-state index contributed by atoms with van der Waals surface area (Å²) in [5.74, 6) is 1.45. The van der Waals surface area contributed by atoms with E-state index in [-0.39, 0.29) is 5.91 Å². The minimum absolute atomic E-state index is 0.156. The van der Waals surface area contributed by atoms with Gasteiger partial charge in [-0.05, 0) is 38.8 Å². The van der Waals surface area contributed by atoms with Crippen molar-refractivity contribution in [2.45, 2.75) is 57.1 Å². The summed E-state index contributed by atoms with van der Waals surface area (Å²) in [6.45, 7) is 5.51. The van der Waals surface area contributed by atoms with E-state index in [1.54, 1.807) is 12.4 Å². The third-order valence-electron chi connectivity index (χ3n) is 4.98. The van der Waals surface area contributed by atoms with E-state index in [2.05, 4.69) is 19.7 Å². The minimum Gasteiger partial charge on any atom is -0.343 e. The van der Waals surface area contributed by atoms with Crippen molar-refractivity contribution in [3.63, 3.8) is 0 Å². The Morgan fingerprint density at radius 2 is 1.85 bits per heavy atom. The summed E-state index contributed by atoms with van der Waals surface area (Å²) in [5, 5.41) is 9.75. The highest BCUT2D eigenvalue weighted by Crippen LogP contribution is 2.35. The molecule has 2 heterocycles. The highest BCUT2D eigenvalue weighted by atomic mass is 32.2. The van der Waals surface area contributed by atoms with E-state index in [0.29, 0.717) is 11.8 Å². The molecule has 1 saturated carbocycles. The van der Waals surface area contributed by atoms with Crippen LogP contribution in [0.3, 0.4) is 0 Å². The van der Waals surface area contributed by atoms with E-state index >= 15 is 0 Å². The normalized spacial score (nSPS) is 15.2. The van der Waals surface area contributed by atoms with E-state index in [0.717, 1.165) is 42.5 Å². The van der Waals surface area contributed by atoms with Crippen molar-refractivity contribution in [1.82, 2.24) is 24.6 Å². The van der Waals surface area contributed by atoms with Gasteiger partial charge < -0.3 is 4.90 Å². The van der Waals surface area contributed by atoms with Crippen molar-refractivity contribution in [2.24, 2.45) is 0 Å². The topological polar surface area (TPSA) is 63.9 Å². The second kappa shape index (κ2) is 9.16. The van der Waals surface area contributed by atoms with Crippen LogP contribution in [-0.4, -0.2) is 49.4 Å². The van der Waals surface area contributed by atoms with Gasteiger partial charge in [0.05, 0.1) is 5.75 Å². The van der Waals surface area contributed by atoms with Gasteiger partial charge in [-0.15, -0.1) is 10.2 Å². The lowest BCUT2D eigenvalue weighted by atomic mass is 9.95. The molecule has 0 N–H and O–H groups in total. The van der Waals surface area contributed by atoms with E-state index in [9.17, 15) is 4.79 Å². The van der Waals surface area contributed by atoms with E-state index < -0.39 is 0 Å². The van der Waals surface area contributed by atoms with Crippen molar-refractivity contribution in [1.29, 1.82) is 0 Å². The molecular weight excluding hydrogens is 346 g/mol. The molecule has 0 saturated heterocycles. The zero-order valence-corrected chi connectivity index (χ0v) is 16.4. The van der Waals surface area contributed by atoms with Gasteiger partial charge in [0.1, 0.15) is 0 Å². The lowest BCUT2D eigenvalue weighted by Gasteiger charge is -2.26. The Hall–Kier alpha value is -1.89. The SMILES string of the molecule is CCN(CC)C(=O)CSc1nnc(-c2ccncc2)n1C1CCCCC1. The Morgan fingerprint density at radius 3 is 2.50 bits per heavy atom. The number of carbonyl (C=O) groups excluding carboxylic acids is 1. The van der Waals surface area contributed by atoms with E-state index in [4.69, 9.17) is 0 Å². The van der Waals surface area contributed by atoms with Gasteiger partial charge in [0.15, 0.2) is 11.0 Å². The number of thioether (sulfide) groups is 1. The van der Waals surface area contributed by atoms with E-state index in [1.807, 2.05) is 30.9 Å². The molecule has 0 bridgehead atoms. The Bertz CT molecular complexity index is 708. The van der Waals surface area contributed by atoms with E-state index in [1.165, 1.54) is 31.0 Å². The second-order valence-corrected chi connectivity index (χ2v) is 7.50. The number of rotatable bonds is 7. The highest BCUT2D eigenvalue weighted by molar-refractivity contribution is 7.99. The predicted molar refractivity (Wildman–Crippen MR) is 104 cm³/mol. The average Bonchev–Trinajstić information content (AvgIpc) is 3.12. The summed E-state index contributed by atoms with van der Waals surface area (Å²) in [7, 11) is 0. The quantitative estimate of drug-likeness (QED) is 0.691. The van der Waals surface area contributed by atoms with Crippen molar-refractivity contribution < 1.29 is 4.79 Å². The maximum atomic E-state index is 12.4. The van der Waals surface area contributed by atoms with Crippen LogP contribution in [0.5, 0.6) is 0 Å². The van der Waals surface area contributed by atoms with Gasteiger partial charge in [-0.1, -0.05) is 31.0 Å². The van der Waals surface area contributed by atoms with Gasteiger partial charge in [-0.25, -0.2) is 0 Å². The van der Waals surface area contributed by atoms with Crippen molar-refractivity contribution in [2.75, 3.05) is 18.8 Å². The zero-order valence-electron chi connectivity index (χ0n) is 15.6. The zero-order chi connectivity index (χ0) is 18.4. The summed E-state index contributed by atoms with van der Waals surface area (Å²) in [6.07, 6.45) is 9.63. The molecule has 6 nitrogen and oxygen atoms in total. The molecule has 0 atom stereocenters. The van der Waals surface area contributed by atoms with Crippen LogP contribution >= 0.6 is 11.8 Å². The molecule has 0 aliphatic heterocycles. The fourth-order valence-corrected chi connectivity index (χ4v) is 4.44. The number of hydrogen-bond donors (Lipinski definition) is 0. The molecule has 2 aromatic rings. The van der Waals surface area contributed by atoms with Gasteiger partial charge in [-0.2, -0.15) is 0 Å². The summed E-state index contributed by atoms with van der Waals surface area (Å²) >= 11 is 1.51. The fraction of sp³-hybridized carbons (Fsp3) is 0.579. The second-order valence-electron chi connectivity index (χ2n) is 6.56. The molecule has 7 heteroatoms. The monoisotopic (exact) mass is 373 g/mol. The smallest absolute Gasteiger partial charge is 0.233 e. The number of aromatic nitrogens is 4. The first-order valence-corrected chi connectivity index (χ1v) is 10.5. The summed E-state index contributed by atoms with van der Waals surface area (Å²) < 4.78 is 2.26. The number of hydrogen-bond acceptors (Lipinski definition) is 5. The first-order valence-electron chi connectivity index (χ1n) is 9.50. The molecule has 1 fully saturated rings. The molecular formula is C19H27N5OS. The van der Waals surface area contributed by atoms with Crippen molar-refractivity contribution in [3.8, 4) is 11.4 Å². The molecule has 2 aromatic heterocycles. The van der Waals surface area contributed by atoms with Gasteiger partial charge in [-0.3, -0.25) is 14.3 Å². The number of carbonyl (C=O) groups is 1. The Kier molecular flexibility index (Phi) is 6.66. The molecule has 0 aromatic carbocycles. The molecule has 1 aliphatic carbocycles. The lowest BCUT2D eigenvalue weighted by Crippen LogP contribution is -2.32. The summed E-state index contributed by atoms with van der Waals surface area (Å²) in [5.41, 5.74) is 1.03. The Labute approximate surface area is 159 Å². The van der Waals surface area contributed by atoms with Gasteiger partial charge in [0.25, 0.3) is 0 Å². The third kappa shape index (κ3) is 4.26. The van der Waals surface area contributed by atoms with Crippen LogP contribution < -0.4 is 0 Å². The highest BCUT2D eigenvalue weighted by Gasteiger charge is 2.24. The van der Waals surface area contributed by atoms with Gasteiger partial charge in [0.2, 0.25) is 5.91 Å². The molecule has 1 amide bonds. The Morgan fingerprint density at radius 1 is 1.15 bits per heavy atom. The molecule has 26 heavy (non-hydrogen) atoms. The number of pyridine rings is 1. The lowest BCUT2D eigenvalue weighted by molar-refractivity contribution is -0.127. The molecule has 3 rings (SSSR count). The van der Waals surface area contributed by atoms with Crippen LogP contribution in [0.15, 0.2) is 29.7 Å². The van der Waals surface area contributed by atoms with Crippen molar-refractivity contribution in [3.05, 3.63) is 24.5 Å². The van der Waals surface area contributed by atoms with Crippen LogP contribution in [0.4, 0.5) is 0 Å². The molecule has 0 spiro atoms. The molecule has 0 unspecified atom stereocenters. The van der Waals surface area contributed by atoms with Crippen molar-refractivity contribution >= 4 is 17.7 Å². The first kappa shape index (κ1) is 18.9. The third-order valence-corrected chi connectivity index (χ3v) is 5.91. The molecule has 0 radical (unpaired) electrons. The predicted octanol–water partition coefficient (Wildman–Crippen LogP) is 3.81. The van der Waals surface area contributed by atoms with Gasteiger partial charge in [0, 0.05) is 37.1 Å². The average molecular weight is 374 g/mol. The molecule has 1 aliphatic rings. The fourth-order valence-electron chi connectivity index (χ4n) is 3.54. The first-order chi connectivity index (χ1) is 12.7. The largest absolute Gasteiger partial charge is 0.343 e. The van der Waals surface area contributed by atoms with Crippen LogP contribution in [-0.2, 0) is 4.79 Å². The van der Waals surface area contributed by atoms with Crippen LogP contribution in [0, 0.1) is 0 Å². The maximum absolute atomic E-state index is 12.4. The maximum Gasteiger partial charge on any atom is 0.233 e. The standard InChI is InChI=1S/C19H27N5OS/c1-3-23(4-2)17(25)14-26-19-22-21-18(15-10-12-20-13-11-15)24(19)16-8-6-5-7-9-16/h10-13,16H,3-9,14H2,1-2H3. The summed E-state index contributed by atoms with van der Waals surface area (Å²) in [6, 6.07) is 4.35. The van der Waals surface area contributed by atoms with Crippen LogP contribution in [0.25, 0.3) is 11.4 Å². The number of amides is 1. The summed E-state index contributed by atoms with van der Waals surface area (Å²) in [4.78, 5) is 18.3. The molecule has 140 valence electrons. The van der Waals surface area contributed by atoms with Crippen LogP contribution in [0.2, 0.25) is 0 Å². The minimum atomic E-state index is 0.156. The number of nitrogens with zero attached hydrogens (tertiary/aromatic N) is 5. The van der Waals surface area contributed by atoms with Crippen LogP contribution in [0.1, 0.15) is 52.0 Å². The van der Waals surface area contributed by atoms with Gasteiger partial charge >= 0.3 is 0 Å². The Balaban J connectivity index is 1.85.